The molecule has 0 bridgehead atoms. The highest BCUT2D eigenvalue weighted by molar-refractivity contribution is 6.09. The fraction of sp³-hybridized carbons (Fsp3) is 0.333. The zero-order valence-electron chi connectivity index (χ0n) is 80.7. The summed E-state index contributed by atoms with van der Waals surface area (Å²) in [5.41, 5.74) is -29.5. The van der Waals surface area contributed by atoms with Crippen molar-refractivity contribution in [1.82, 2.24) is 14.1 Å². The van der Waals surface area contributed by atoms with Gasteiger partial charge in [0.15, 0.2) is 0 Å². The van der Waals surface area contributed by atoms with Crippen LogP contribution in [0, 0.1) is 6.33 Å². The summed E-state index contributed by atoms with van der Waals surface area (Å²) < 4.78 is 365. The van der Waals surface area contributed by atoms with E-state index < -0.39 is 194 Å². The lowest BCUT2D eigenvalue weighted by atomic mass is 9.62. The molecule has 0 fully saturated rings. The van der Waals surface area contributed by atoms with Gasteiger partial charge in [-0.2, -0.15) is 0 Å². The lowest BCUT2D eigenvalue weighted by Gasteiger charge is -2.42. The minimum Gasteiger partial charge on any atom is -0.458 e. The van der Waals surface area contributed by atoms with Gasteiger partial charge < -0.3 is 4.74 Å². The van der Waals surface area contributed by atoms with Gasteiger partial charge in [0.25, 0.3) is 6.33 Å². The molecule has 2 aliphatic rings. The maximum atomic E-state index is 10.5. The number of benzene rings is 7. The van der Waals surface area contributed by atoms with E-state index in [0.717, 1.165) is 44.6 Å². The number of hydrogen-bond donors (Lipinski definition) is 0. The van der Waals surface area contributed by atoms with Gasteiger partial charge in [0.2, 0.25) is 0 Å². The maximum absolute atomic E-state index is 10.5. The molecule has 10 aromatic rings. The van der Waals surface area contributed by atoms with Gasteiger partial charge in [-0.25, -0.2) is 4.98 Å². The van der Waals surface area contributed by atoms with Crippen molar-refractivity contribution in [2.75, 3.05) is 0 Å². The van der Waals surface area contributed by atoms with Crippen LogP contribution in [-0.4, -0.2) is 14.1 Å². The number of imidazole rings is 1. The van der Waals surface area contributed by atoms with Crippen LogP contribution >= 0.6 is 0 Å². The second kappa shape index (κ2) is 17.6. The van der Waals surface area contributed by atoms with Crippen LogP contribution in [0.2, 0.25) is 0 Å². The summed E-state index contributed by atoms with van der Waals surface area (Å²) in [5.74, 6) is 1.02. The number of fused-ring (bicyclic) bond motifs is 6. The van der Waals surface area contributed by atoms with E-state index in [9.17, 15) is 19.2 Å². The van der Waals surface area contributed by atoms with Crippen molar-refractivity contribution >= 4 is 32.8 Å². The molecule has 0 atom stereocenters. The van der Waals surface area contributed by atoms with E-state index in [1.165, 1.54) is 16.7 Å². The molecule has 0 radical (unpaired) electrons. The molecule has 0 saturated heterocycles. The molecule has 12 rings (SSSR count). The van der Waals surface area contributed by atoms with E-state index in [-0.39, 0.29) is 27.9 Å². The molecule has 0 unspecified atom stereocenters. The van der Waals surface area contributed by atoms with Gasteiger partial charge in [0.1, 0.15) is 17.3 Å². The molecular weight excluding hydrogens is 937 g/mol. The largest absolute Gasteiger partial charge is 0.458 e. The summed E-state index contributed by atoms with van der Waals surface area (Å²) in [5, 5.41) is 1.71. The Bertz CT molecular complexity index is 5420. The molecule has 5 nitrogen and oxygen atoms in total. The Hall–Kier alpha value is -7.24. The third-order valence-corrected chi connectivity index (χ3v) is 14.1. The van der Waals surface area contributed by atoms with Crippen LogP contribution < -0.4 is 9.30 Å². The van der Waals surface area contributed by atoms with Crippen molar-refractivity contribution < 1.29 is 61.4 Å². The standard InChI is InChI=1S/C72H76N4O/c1-67(2,3)48-27-32-62-64(41-48)74(50-19-17-20-51(43-50)77-52-28-29-56-55-21-15-16-24-61(55)76(63(56)44-52)65-42-49(33-38-73-65)68(4,5)6)45-75(62)66-53(46-25-30-57-59(39-46)71(11,12)36-34-69(57,7)8)22-18-23-54(66)47-26-31-58-60(40-47)72(13,14)37-35-70(58,9)10/h15-33,38-44H,34-37H2,1-14H3/i7D3,8D3,9D3,10D3,11D3,12D3,13D3,14D3,25D,26D,30D,31D,34D2,35D2,36D2,37D2,39D,40D. The molecule has 0 saturated carbocycles. The first-order valence-corrected chi connectivity index (χ1v) is 24.7. The lowest BCUT2D eigenvalue weighted by molar-refractivity contribution is -0.571. The first kappa shape index (κ1) is 23.4. The molecule has 3 aromatic heterocycles. The molecule has 3 heterocycles. The van der Waals surface area contributed by atoms with Gasteiger partial charge in [-0.05, 0) is 168 Å². The Morgan fingerprint density at radius 1 is 0.558 bits per heavy atom. The van der Waals surface area contributed by atoms with Crippen LogP contribution in [0.3, 0.4) is 0 Å². The summed E-state index contributed by atoms with van der Waals surface area (Å²) in [4.78, 5) is 4.79. The third-order valence-electron chi connectivity index (χ3n) is 14.1. The first-order valence-electron chi connectivity index (χ1n) is 43.7. The summed E-state index contributed by atoms with van der Waals surface area (Å²) in [7, 11) is 0. The lowest BCUT2D eigenvalue weighted by Crippen LogP contribution is -2.34. The van der Waals surface area contributed by atoms with Crippen molar-refractivity contribution in [2.24, 2.45) is 0 Å². The van der Waals surface area contributed by atoms with Gasteiger partial charge in [0.05, 0.1) is 41.7 Å². The number of nitrogens with zero attached hydrogens (tertiary/aromatic N) is 4. The molecule has 77 heavy (non-hydrogen) atoms. The predicted octanol–water partition coefficient (Wildman–Crippen LogP) is 18.6. The molecule has 0 aliphatic heterocycles. The van der Waals surface area contributed by atoms with E-state index in [0.29, 0.717) is 22.6 Å². The van der Waals surface area contributed by atoms with Crippen LogP contribution in [-0.2, 0) is 32.5 Å². The Balaban J connectivity index is 1.28. The van der Waals surface area contributed by atoms with Crippen LogP contribution in [0.5, 0.6) is 11.5 Å². The summed E-state index contributed by atoms with van der Waals surface area (Å²) in [6.07, 6.45) is -14.4. The monoisotopic (exact) mass is 1050 g/mol. The van der Waals surface area contributed by atoms with Gasteiger partial charge in [0, 0.05) is 66.9 Å². The van der Waals surface area contributed by atoms with Gasteiger partial charge in [-0.15, -0.1) is 0 Å². The summed E-state index contributed by atoms with van der Waals surface area (Å²) in [6.45, 7) is -24.7. The fourth-order valence-electron chi connectivity index (χ4n) is 10.0. The molecule has 390 valence electrons. The van der Waals surface area contributed by atoms with E-state index in [4.69, 9.17) is 42.6 Å². The fourth-order valence-corrected chi connectivity index (χ4v) is 10.0. The molecule has 5 heteroatoms. The van der Waals surface area contributed by atoms with E-state index in [1.54, 1.807) is 48.7 Å². The first-order chi connectivity index (χ1) is 52.0. The van der Waals surface area contributed by atoms with Gasteiger partial charge in [-0.3, -0.25) is 13.7 Å². The number of para-hydroxylation sites is 2. The molecule has 7 aromatic carbocycles. The Morgan fingerprint density at radius 2 is 1.13 bits per heavy atom. The molecule has 0 spiro atoms. The molecule has 2 aliphatic carbocycles. The number of ether oxygens (including phenoxy) is 1. The highest BCUT2D eigenvalue weighted by Gasteiger charge is 2.39. The van der Waals surface area contributed by atoms with Crippen LogP contribution in [0.1, 0.15) is 207 Å². The SMILES string of the molecule is [2H]c1c([2H])c2c(c([2H])c1-c1cccc(-c3c([2H])c([2H])c4c(c3[2H])C(C([2H])([2H])[2H])(C([2H])([2H])[2H])C([2H])([2H])C([2H])([2H])C4(C([2H])([2H])[2H])C([2H])([2H])[2H])c1-[n+]1[c-]n(-c3cccc(Oc4ccc5c6ccccc6n(-c6cc(C(C)(C)C)ccn6)c5c4)c3)c3cc(C(C)(C)C)ccc31)C(C([2H])([2H])[2H])(C([2H])([2H])[2H])C([2H])([2H])C([2H])([2H])C2(C([2H])([2H])[2H])C([2H])([2H])[2H]. The second-order valence-electron chi connectivity index (χ2n) is 21.7. The predicted molar refractivity (Wildman–Crippen MR) is 321 cm³/mol. The topological polar surface area (TPSA) is 35.9 Å². The van der Waals surface area contributed by atoms with Crippen molar-refractivity contribution in [2.45, 2.75) is 154 Å². The minimum atomic E-state index is -4.85. The highest BCUT2D eigenvalue weighted by Crippen LogP contribution is 2.50. The van der Waals surface area contributed by atoms with Crippen LogP contribution in [0.4, 0.5) is 0 Å². The zero-order valence-corrected chi connectivity index (χ0v) is 42.7. The Labute approximate surface area is 511 Å². The van der Waals surface area contributed by atoms with E-state index in [2.05, 4.69) is 27.1 Å². The third kappa shape index (κ3) is 8.69. The Morgan fingerprint density at radius 3 is 1.75 bits per heavy atom. The number of aromatic nitrogens is 4. The van der Waals surface area contributed by atoms with Crippen molar-refractivity contribution in [3.05, 3.63) is 197 Å². The van der Waals surface area contributed by atoms with E-state index in [1.807, 2.05) is 67.8 Å². The molecule has 0 N–H and O–H groups in total. The quantitative estimate of drug-likeness (QED) is 0.118. The second-order valence-corrected chi connectivity index (χ2v) is 21.7. The summed E-state index contributed by atoms with van der Waals surface area (Å²) >= 11 is 0. The van der Waals surface area contributed by atoms with E-state index >= 15 is 0 Å². The summed E-state index contributed by atoms with van der Waals surface area (Å²) in [6, 6.07) is 20.2. The van der Waals surface area contributed by atoms with Crippen molar-refractivity contribution in [1.29, 1.82) is 0 Å². The zero-order chi connectivity index (χ0) is 86.6. The molecular formula is C72H76N4O. The van der Waals surface area contributed by atoms with Gasteiger partial charge in [-0.1, -0.05) is 187 Å². The highest BCUT2D eigenvalue weighted by atomic mass is 16.5. The van der Waals surface area contributed by atoms with Crippen molar-refractivity contribution in [3.63, 3.8) is 0 Å². The molecule has 0 amide bonds. The number of hydrogen-bond acceptors (Lipinski definition) is 2. The smallest absolute Gasteiger partial charge is 0.269 e. The van der Waals surface area contributed by atoms with Crippen LogP contribution in [0.15, 0.2) is 158 Å². The van der Waals surface area contributed by atoms with Crippen molar-refractivity contribution in [3.8, 4) is 50.9 Å². The average Bonchev–Trinajstić information content (AvgIpc) is 0.985. The average molecular weight is 1050 g/mol. The van der Waals surface area contributed by atoms with Gasteiger partial charge >= 0.3 is 0 Å². The number of pyridine rings is 1. The number of rotatable bonds is 7. The normalized spacial score (nSPS) is 27.8. The Kier molecular flexibility index (Phi) is 5.36. The van der Waals surface area contributed by atoms with Crippen LogP contribution in [0.25, 0.3) is 72.3 Å². The maximum Gasteiger partial charge on any atom is 0.269 e. The minimum absolute atomic E-state index is 0.0765.